The Kier molecular flexibility index (Phi) is 6.09. The molecule has 0 saturated carbocycles. The molecule has 0 fully saturated rings. The molecular formula is C18H17BrFNO3. The fourth-order valence-electron chi connectivity index (χ4n) is 2.18. The first-order valence-electron chi connectivity index (χ1n) is 7.33. The fourth-order valence-corrected chi connectivity index (χ4v) is 2.69. The van der Waals surface area contributed by atoms with E-state index in [1.165, 1.54) is 24.0 Å². The maximum atomic E-state index is 13.1. The van der Waals surface area contributed by atoms with Crippen LogP contribution in [0.3, 0.4) is 0 Å². The Bertz CT molecular complexity index is 736. The third-order valence-electron chi connectivity index (χ3n) is 3.42. The lowest BCUT2D eigenvalue weighted by molar-refractivity contribution is -0.139. The number of benzene rings is 2. The fraction of sp³-hybridized carbons (Fsp3) is 0.222. The molecule has 0 N–H and O–H groups in total. The first-order chi connectivity index (χ1) is 11.4. The second kappa shape index (κ2) is 8.06. The molecule has 4 nitrogen and oxygen atoms in total. The Morgan fingerprint density at radius 2 is 1.88 bits per heavy atom. The number of hydrogen-bond acceptors (Lipinski definition) is 3. The van der Waals surface area contributed by atoms with E-state index in [0.717, 1.165) is 11.6 Å². The van der Waals surface area contributed by atoms with Crippen LogP contribution in [0.2, 0.25) is 0 Å². The highest BCUT2D eigenvalue weighted by molar-refractivity contribution is 9.10. The molecule has 1 amide bonds. The molecule has 0 spiro atoms. The normalized spacial score (nSPS) is 11.7. The number of carbonyl (C=O) groups is 2. The van der Waals surface area contributed by atoms with Gasteiger partial charge in [0.1, 0.15) is 5.82 Å². The van der Waals surface area contributed by atoms with Crippen LogP contribution < -0.4 is 0 Å². The minimum absolute atomic E-state index is 0.168. The van der Waals surface area contributed by atoms with Gasteiger partial charge in [0, 0.05) is 18.1 Å². The number of amides is 1. The molecule has 0 bridgehead atoms. The zero-order chi connectivity index (χ0) is 17.7. The third kappa shape index (κ3) is 4.64. The summed E-state index contributed by atoms with van der Waals surface area (Å²) in [5, 5.41) is 0. The molecule has 24 heavy (non-hydrogen) atoms. The molecule has 126 valence electrons. The van der Waals surface area contributed by atoms with Crippen molar-refractivity contribution in [2.24, 2.45) is 0 Å². The van der Waals surface area contributed by atoms with E-state index in [-0.39, 0.29) is 15.9 Å². The van der Waals surface area contributed by atoms with Gasteiger partial charge in [-0.25, -0.2) is 9.18 Å². The van der Waals surface area contributed by atoms with Crippen LogP contribution in [0.4, 0.5) is 4.39 Å². The van der Waals surface area contributed by atoms with Gasteiger partial charge in [0.2, 0.25) is 0 Å². The SMILES string of the molecule is C[C@@H](OC(=O)c1ccc(F)cc1Br)C(=O)N(C)Cc1ccccc1. The van der Waals surface area contributed by atoms with Gasteiger partial charge in [-0.05, 0) is 46.6 Å². The highest BCUT2D eigenvalue weighted by Crippen LogP contribution is 2.19. The van der Waals surface area contributed by atoms with Crippen LogP contribution in [0.1, 0.15) is 22.8 Å². The first kappa shape index (κ1) is 18.1. The Labute approximate surface area is 148 Å². The Balaban J connectivity index is 1.99. The van der Waals surface area contributed by atoms with Gasteiger partial charge in [0.25, 0.3) is 5.91 Å². The average Bonchev–Trinajstić information content (AvgIpc) is 2.54. The molecule has 2 rings (SSSR count). The molecule has 0 aromatic heterocycles. The van der Waals surface area contributed by atoms with Crippen molar-refractivity contribution in [3.63, 3.8) is 0 Å². The van der Waals surface area contributed by atoms with Crippen LogP contribution in [-0.4, -0.2) is 29.9 Å². The van der Waals surface area contributed by atoms with Crippen molar-refractivity contribution < 1.29 is 18.7 Å². The maximum absolute atomic E-state index is 13.1. The van der Waals surface area contributed by atoms with Crippen LogP contribution in [0.25, 0.3) is 0 Å². The quantitative estimate of drug-likeness (QED) is 0.725. The van der Waals surface area contributed by atoms with Gasteiger partial charge in [-0.15, -0.1) is 0 Å². The first-order valence-corrected chi connectivity index (χ1v) is 8.12. The molecule has 0 aliphatic rings. The lowest BCUT2D eigenvalue weighted by Gasteiger charge is -2.21. The highest BCUT2D eigenvalue weighted by Gasteiger charge is 2.23. The molecular weight excluding hydrogens is 377 g/mol. The molecule has 0 unspecified atom stereocenters. The highest BCUT2D eigenvalue weighted by atomic mass is 79.9. The van der Waals surface area contributed by atoms with Crippen LogP contribution >= 0.6 is 15.9 Å². The van der Waals surface area contributed by atoms with Gasteiger partial charge in [-0.2, -0.15) is 0 Å². The Morgan fingerprint density at radius 3 is 2.50 bits per heavy atom. The van der Waals surface area contributed by atoms with E-state index in [9.17, 15) is 14.0 Å². The number of hydrogen-bond donors (Lipinski definition) is 0. The van der Waals surface area contributed by atoms with E-state index >= 15 is 0 Å². The lowest BCUT2D eigenvalue weighted by atomic mass is 10.2. The summed E-state index contributed by atoms with van der Waals surface area (Å²) in [6.45, 7) is 1.93. The molecule has 1 atom stereocenters. The average molecular weight is 394 g/mol. The summed E-state index contributed by atoms with van der Waals surface area (Å²) in [6, 6.07) is 13.2. The standard InChI is InChI=1S/C18H17BrFNO3/c1-12(17(22)21(2)11-13-6-4-3-5-7-13)24-18(23)15-9-8-14(20)10-16(15)19/h3-10,12H,11H2,1-2H3/t12-/m1/s1. The van der Waals surface area contributed by atoms with Crippen LogP contribution in [0.15, 0.2) is 53.0 Å². The summed E-state index contributed by atoms with van der Waals surface area (Å²) in [6.07, 6.45) is -0.942. The molecule has 0 heterocycles. The number of ether oxygens (including phenoxy) is 1. The minimum Gasteiger partial charge on any atom is -0.449 e. The van der Waals surface area contributed by atoms with Crippen molar-refractivity contribution in [1.82, 2.24) is 4.90 Å². The van der Waals surface area contributed by atoms with Crippen molar-refractivity contribution in [1.29, 1.82) is 0 Å². The summed E-state index contributed by atoms with van der Waals surface area (Å²) in [4.78, 5) is 26.0. The predicted octanol–water partition coefficient (Wildman–Crippen LogP) is 3.79. The lowest BCUT2D eigenvalue weighted by Crippen LogP contribution is -2.37. The minimum atomic E-state index is -0.942. The Morgan fingerprint density at radius 1 is 1.21 bits per heavy atom. The molecule has 6 heteroatoms. The van der Waals surface area contributed by atoms with Crippen molar-refractivity contribution in [2.75, 3.05) is 7.05 Å². The number of nitrogens with zero attached hydrogens (tertiary/aromatic N) is 1. The molecule has 0 aliphatic carbocycles. The molecule has 0 aliphatic heterocycles. The van der Waals surface area contributed by atoms with Gasteiger partial charge in [-0.1, -0.05) is 30.3 Å². The monoisotopic (exact) mass is 393 g/mol. The van der Waals surface area contributed by atoms with E-state index < -0.39 is 17.9 Å². The zero-order valence-electron chi connectivity index (χ0n) is 13.3. The largest absolute Gasteiger partial charge is 0.449 e. The van der Waals surface area contributed by atoms with E-state index in [1.54, 1.807) is 7.05 Å². The van der Waals surface area contributed by atoms with E-state index in [4.69, 9.17) is 4.74 Å². The number of esters is 1. The topological polar surface area (TPSA) is 46.6 Å². The number of likely N-dealkylation sites (N-methyl/N-ethyl adjacent to an activating group) is 1. The van der Waals surface area contributed by atoms with Gasteiger partial charge in [0.05, 0.1) is 5.56 Å². The van der Waals surface area contributed by atoms with Crippen molar-refractivity contribution in [3.05, 3.63) is 69.9 Å². The Hall–Kier alpha value is -2.21. The van der Waals surface area contributed by atoms with Gasteiger partial charge >= 0.3 is 5.97 Å². The molecule has 0 radical (unpaired) electrons. The van der Waals surface area contributed by atoms with Crippen LogP contribution in [-0.2, 0) is 16.1 Å². The second-order valence-corrected chi connectivity index (χ2v) is 6.21. The molecule has 2 aromatic rings. The smallest absolute Gasteiger partial charge is 0.340 e. The number of carbonyl (C=O) groups excluding carboxylic acids is 2. The van der Waals surface area contributed by atoms with Crippen molar-refractivity contribution >= 4 is 27.8 Å². The van der Waals surface area contributed by atoms with Crippen LogP contribution in [0.5, 0.6) is 0 Å². The molecule has 0 saturated heterocycles. The zero-order valence-corrected chi connectivity index (χ0v) is 14.9. The van der Waals surface area contributed by atoms with Crippen LogP contribution in [0, 0.1) is 5.82 Å². The number of rotatable bonds is 5. The van der Waals surface area contributed by atoms with Crippen molar-refractivity contribution in [2.45, 2.75) is 19.6 Å². The molecule has 2 aromatic carbocycles. The summed E-state index contributed by atoms with van der Waals surface area (Å²) in [5.74, 6) is -1.47. The predicted molar refractivity (Wildman–Crippen MR) is 91.9 cm³/mol. The van der Waals surface area contributed by atoms with Crippen molar-refractivity contribution in [3.8, 4) is 0 Å². The van der Waals surface area contributed by atoms with Gasteiger partial charge < -0.3 is 9.64 Å². The van der Waals surface area contributed by atoms with E-state index in [2.05, 4.69) is 15.9 Å². The number of halogens is 2. The summed E-state index contributed by atoms with van der Waals surface area (Å²) in [7, 11) is 1.65. The maximum Gasteiger partial charge on any atom is 0.340 e. The van der Waals surface area contributed by atoms with E-state index in [0.29, 0.717) is 6.54 Å². The second-order valence-electron chi connectivity index (χ2n) is 5.35. The van der Waals surface area contributed by atoms with Gasteiger partial charge in [-0.3, -0.25) is 4.79 Å². The van der Waals surface area contributed by atoms with Gasteiger partial charge in [0.15, 0.2) is 6.10 Å². The summed E-state index contributed by atoms with van der Waals surface area (Å²) in [5.41, 5.74) is 1.15. The summed E-state index contributed by atoms with van der Waals surface area (Å²) < 4.78 is 18.5. The third-order valence-corrected chi connectivity index (χ3v) is 4.08. The van der Waals surface area contributed by atoms with E-state index in [1.807, 2.05) is 30.3 Å². The summed E-state index contributed by atoms with van der Waals surface area (Å²) >= 11 is 3.11.